The molecule has 1 atom stereocenters. The Bertz CT molecular complexity index is 611. The minimum Gasteiger partial charge on any atom is -0.378 e. The molecule has 0 bridgehead atoms. The number of amides is 1. The predicted molar refractivity (Wildman–Crippen MR) is 86.4 cm³/mol. The molecule has 2 rings (SSSR count). The number of nitrogens with zero attached hydrogens (tertiary/aromatic N) is 1. The number of hydrogen-bond donors (Lipinski definition) is 2. The van der Waals surface area contributed by atoms with Crippen LogP contribution in [0.3, 0.4) is 0 Å². The van der Waals surface area contributed by atoms with Crippen LogP contribution in [0.5, 0.6) is 0 Å². The monoisotopic (exact) mass is 283 g/mol. The van der Waals surface area contributed by atoms with Crippen LogP contribution in [0.1, 0.15) is 37.4 Å². The average Bonchev–Trinajstić information content (AvgIpc) is 2.51. The summed E-state index contributed by atoms with van der Waals surface area (Å²) in [6.07, 6.45) is 4.10. The SMILES string of the molecule is CCC(=O)Nc1ccc(C)c(NC(C)c2cccnc2)c1. The van der Waals surface area contributed by atoms with Crippen LogP contribution in [0.25, 0.3) is 0 Å². The molecular weight excluding hydrogens is 262 g/mol. The van der Waals surface area contributed by atoms with E-state index in [0.29, 0.717) is 6.42 Å². The molecule has 2 N–H and O–H groups in total. The van der Waals surface area contributed by atoms with Gasteiger partial charge in [-0.05, 0) is 43.2 Å². The van der Waals surface area contributed by atoms with Crippen LogP contribution in [0.4, 0.5) is 11.4 Å². The lowest BCUT2D eigenvalue weighted by atomic mass is 10.1. The van der Waals surface area contributed by atoms with E-state index in [2.05, 4.69) is 22.5 Å². The molecule has 1 aromatic carbocycles. The Morgan fingerprint density at radius 3 is 2.81 bits per heavy atom. The number of aryl methyl sites for hydroxylation is 1. The predicted octanol–water partition coefficient (Wildman–Crippen LogP) is 3.91. The third-order valence-electron chi connectivity index (χ3n) is 3.40. The summed E-state index contributed by atoms with van der Waals surface area (Å²) >= 11 is 0. The zero-order chi connectivity index (χ0) is 15.2. The van der Waals surface area contributed by atoms with Crippen LogP contribution in [0.2, 0.25) is 0 Å². The van der Waals surface area contributed by atoms with Gasteiger partial charge in [-0.1, -0.05) is 19.1 Å². The minimum absolute atomic E-state index is 0.0186. The molecular formula is C17H21N3O. The van der Waals surface area contributed by atoms with Gasteiger partial charge in [0, 0.05) is 30.2 Å². The molecule has 0 fully saturated rings. The lowest BCUT2D eigenvalue weighted by Gasteiger charge is -2.18. The summed E-state index contributed by atoms with van der Waals surface area (Å²) in [5.41, 5.74) is 4.09. The Hall–Kier alpha value is -2.36. The maximum Gasteiger partial charge on any atom is 0.224 e. The first-order valence-corrected chi connectivity index (χ1v) is 7.17. The Morgan fingerprint density at radius 1 is 1.33 bits per heavy atom. The van der Waals surface area contributed by atoms with E-state index in [-0.39, 0.29) is 11.9 Å². The highest BCUT2D eigenvalue weighted by atomic mass is 16.1. The van der Waals surface area contributed by atoms with Gasteiger partial charge < -0.3 is 10.6 Å². The molecule has 0 saturated heterocycles. The van der Waals surface area contributed by atoms with E-state index in [4.69, 9.17) is 0 Å². The first-order valence-electron chi connectivity index (χ1n) is 7.17. The van der Waals surface area contributed by atoms with Gasteiger partial charge in [-0.25, -0.2) is 0 Å². The van der Waals surface area contributed by atoms with Crippen LogP contribution in [-0.4, -0.2) is 10.9 Å². The molecule has 21 heavy (non-hydrogen) atoms. The summed E-state index contributed by atoms with van der Waals surface area (Å²) in [5, 5.41) is 6.35. The van der Waals surface area contributed by atoms with Crippen molar-refractivity contribution in [3.63, 3.8) is 0 Å². The van der Waals surface area contributed by atoms with Gasteiger partial charge in [-0.15, -0.1) is 0 Å². The smallest absolute Gasteiger partial charge is 0.224 e. The van der Waals surface area contributed by atoms with Crippen molar-refractivity contribution in [3.8, 4) is 0 Å². The Morgan fingerprint density at radius 2 is 2.14 bits per heavy atom. The summed E-state index contributed by atoms with van der Waals surface area (Å²) in [7, 11) is 0. The van der Waals surface area contributed by atoms with Gasteiger partial charge in [0.2, 0.25) is 5.91 Å². The quantitative estimate of drug-likeness (QED) is 0.874. The number of rotatable bonds is 5. The van der Waals surface area contributed by atoms with Crippen LogP contribution >= 0.6 is 0 Å². The van der Waals surface area contributed by atoms with Crippen LogP contribution < -0.4 is 10.6 Å². The minimum atomic E-state index is 0.0186. The number of aromatic nitrogens is 1. The Balaban J connectivity index is 2.15. The molecule has 4 heteroatoms. The van der Waals surface area contributed by atoms with Gasteiger partial charge in [-0.3, -0.25) is 9.78 Å². The largest absolute Gasteiger partial charge is 0.378 e. The fourth-order valence-electron chi connectivity index (χ4n) is 2.05. The van der Waals surface area contributed by atoms with Crippen LogP contribution in [0, 0.1) is 6.92 Å². The van der Waals surface area contributed by atoms with Crippen molar-refractivity contribution in [3.05, 3.63) is 53.9 Å². The lowest BCUT2D eigenvalue weighted by Crippen LogP contribution is -2.11. The van der Waals surface area contributed by atoms with Crippen LogP contribution in [-0.2, 0) is 4.79 Å². The van der Waals surface area contributed by atoms with Gasteiger partial charge in [0.05, 0.1) is 6.04 Å². The second-order valence-corrected chi connectivity index (χ2v) is 5.08. The number of benzene rings is 1. The number of anilines is 2. The molecule has 0 aliphatic heterocycles. The number of pyridine rings is 1. The molecule has 1 aromatic heterocycles. The fourth-order valence-corrected chi connectivity index (χ4v) is 2.05. The average molecular weight is 283 g/mol. The zero-order valence-electron chi connectivity index (χ0n) is 12.7. The second-order valence-electron chi connectivity index (χ2n) is 5.08. The van der Waals surface area contributed by atoms with Crippen molar-refractivity contribution >= 4 is 17.3 Å². The van der Waals surface area contributed by atoms with Gasteiger partial charge in [0.1, 0.15) is 0 Å². The van der Waals surface area contributed by atoms with E-state index >= 15 is 0 Å². The molecule has 0 saturated carbocycles. The standard InChI is InChI=1S/C17H21N3O/c1-4-17(21)20-15-8-7-12(2)16(10-15)19-13(3)14-6-5-9-18-11-14/h5-11,13,19H,4H2,1-3H3,(H,20,21). The highest BCUT2D eigenvalue weighted by molar-refractivity contribution is 5.91. The third-order valence-corrected chi connectivity index (χ3v) is 3.40. The molecule has 110 valence electrons. The van der Waals surface area contributed by atoms with E-state index in [1.165, 1.54) is 0 Å². The van der Waals surface area contributed by atoms with E-state index < -0.39 is 0 Å². The summed E-state index contributed by atoms with van der Waals surface area (Å²) in [4.78, 5) is 15.6. The van der Waals surface area contributed by atoms with Gasteiger partial charge in [0.25, 0.3) is 0 Å². The topological polar surface area (TPSA) is 54.0 Å². The van der Waals surface area contributed by atoms with Crippen molar-refractivity contribution in [2.45, 2.75) is 33.2 Å². The van der Waals surface area contributed by atoms with Crippen molar-refractivity contribution in [1.29, 1.82) is 0 Å². The first kappa shape index (κ1) is 15.0. The highest BCUT2D eigenvalue weighted by Crippen LogP contribution is 2.25. The maximum atomic E-state index is 11.5. The van der Waals surface area contributed by atoms with Crippen molar-refractivity contribution in [1.82, 2.24) is 4.98 Å². The number of hydrogen-bond acceptors (Lipinski definition) is 3. The second kappa shape index (κ2) is 6.88. The van der Waals surface area contributed by atoms with E-state index in [1.807, 2.05) is 50.4 Å². The van der Waals surface area contributed by atoms with E-state index in [0.717, 1.165) is 22.5 Å². The van der Waals surface area contributed by atoms with Gasteiger partial charge >= 0.3 is 0 Å². The highest BCUT2D eigenvalue weighted by Gasteiger charge is 2.08. The molecule has 1 amide bonds. The van der Waals surface area contributed by atoms with E-state index in [9.17, 15) is 4.79 Å². The Labute approximate surface area is 125 Å². The molecule has 0 radical (unpaired) electrons. The normalized spacial score (nSPS) is 11.8. The molecule has 0 aliphatic carbocycles. The fraction of sp³-hybridized carbons (Fsp3) is 0.294. The van der Waals surface area contributed by atoms with E-state index in [1.54, 1.807) is 6.20 Å². The zero-order valence-corrected chi connectivity index (χ0v) is 12.7. The number of carbonyl (C=O) groups excluding carboxylic acids is 1. The summed E-state index contributed by atoms with van der Waals surface area (Å²) in [6, 6.07) is 10.0. The number of nitrogens with one attached hydrogen (secondary N) is 2. The third kappa shape index (κ3) is 4.05. The molecule has 4 nitrogen and oxygen atoms in total. The van der Waals surface area contributed by atoms with Crippen LogP contribution in [0.15, 0.2) is 42.7 Å². The van der Waals surface area contributed by atoms with Gasteiger partial charge in [0.15, 0.2) is 0 Å². The maximum absolute atomic E-state index is 11.5. The molecule has 1 unspecified atom stereocenters. The summed E-state index contributed by atoms with van der Waals surface area (Å²) < 4.78 is 0. The molecule has 0 spiro atoms. The molecule has 0 aliphatic rings. The summed E-state index contributed by atoms with van der Waals surface area (Å²) in [6.45, 7) is 5.98. The summed E-state index contributed by atoms with van der Waals surface area (Å²) in [5.74, 6) is 0.0186. The van der Waals surface area contributed by atoms with Gasteiger partial charge in [-0.2, -0.15) is 0 Å². The van der Waals surface area contributed by atoms with Crippen molar-refractivity contribution in [2.75, 3.05) is 10.6 Å². The Kier molecular flexibility index (Phi) is 4.93. The number of carbonyl (C=O) groups is 1. The lowest BCUT2D eigenvalue weighted by molar-refractivity contribution is -0.115. The molecule has 2 aromatic rings. The van der Waals surface area contributed by atoms with Crippen molar-refractivity contribution < 1.29 is 4.79 Å². The first-order chi connectivity index (χ1) is 10.1. The van der Waals surface area contributed by atoms with Crippen molar-refractivity contribution in [2.24, 2.45) is 0 Å². The molecule has 1 heterocycles.